The molecule has 0 spiro atoms. The maximum absolute atomic E-state index is 11.0. The Kier molecular flexibility index (Phi) is 4.23. The van der Waals surface area contributed by atoms with Gasteiger partial charge in [0, 0.05) is 0 Å². The highest BCUT2D eigenvalue weighted by Gasteiger charge is 2.25. The molecular weight excluding hydrogens is 220 g/mol. The highest BCUT2D eigenvalue weighted by molar-refractivity contribution is 6.28. The predicted molar refractivity (Wildman–Crippen MR) is 54.9 cm³/mol. The third kappa shape index (κ3) is 2.76. The Balaban J connectivity index is 0.000000531. The SMILES string of the molecule is CC.O=C1OCCN1c1ncnc(Cl)n1. The lowest BCUT2D eigenvalue weighted by atomic mass is 10.6. The van der Waals surface area contributed by atoms with E-state index >= 15 is 0 Å². The van der Waals surface area contributed by atoms with Crippen LogP contribution in [0.2, 0.25) is 5.28 Å². The first-order valence-electron chi connectivity index (χ1n) is 4.56. The van der Waals surface area contributed by atoms with Crippen LogP contribution in [0.4, 0.5) is 10.7 Å². The van der Waals surface area contributed by atoms with Crippen LogP contribution in [0.25, 0.3) is 0 Å². The molecule has 6 nitrogen and oxygen atoms in total. The zero-order valence-electron chi connectivity index (χ0n) is 8.47. The van der Waals surface area contributed by atoms with Crippen LogP contribution >= 0.6 is 11.6 Å². The summed E-state index contributed by atoms with van der Waals surface area (Å²) in [5, 5.41) is 0.0599. The number of carbonyl (C=O) groups excluding carboxylic acids is 1. The van der Waals surface area contributed by atoms with E-state index in [0.29, 0.717) is 13.2 Å². The number of hydrogen-bond donors (Lipinski definition) is 0. The summed E-state index contributed by atoms with van der Waals surface area (Å²) in [6.45, 7) is 4.79. The minimum Gasteiger partial charge on any atom is -0.447 e. The fourth-order valence-corrected chi connectivity index (χ4v) is 1.09. The van der Waals surface area contributed by atoms with Crippen molar-refractivity contribution in [2.75, 3.05) is 18.1 Å². The average Bonchev–Trinajstić information content (AvgIpc) is 2.67. The van der Waals surface area contributed by atoms with E-state index in [1.807, 2.05) is 13.8 Å². The zero-order chi connectivity index (χ0) is 11.3. The standard InChI is InChI=1S/C6H5ClN4O2.C2H6/c7-4-8-3-9-5(10-4)11-1-2-13-6(11)12;1-2/h3H,1-2H2;1-2H3. The van der Waals surface area contributed by atoms with E-state index in [9.17, 15) is 4.79 Å². The van der Waals surface area contributed by atoms with Crippen molar-refractivity contribution in [1.82, 2.24) is 15.0 Å². The van der Waals surface area contributed by atoms with Crippen molar-refractivity contribution in [3.05, 3.63) is 11.6 Å². The lowest BCUT2D eigenvalue weighted by molar-refractivity contribution is 0.181. The Morgan fingerprint density at radius 2 is 2.20 bits per heavy atom. The fourth-order valence-electron chi connectivity index (χ4n) is 0.974. The van der Waals surface area contributed by atoms with E-state index in [4.69, 9.17) is 16.3 Å². The predicted octanol–water partition coefficient (Wildman–Crippen LogP) is 1.51. The molecule has 15 heavy (non-hydrogen) atoms. The van der Waals surface area contributed by atoms with Crippen molar-refractivity contribution >= 4 is 23.6 Å². The molecule has 1 aliphatic heterocycles. The number of hydrogen-bond acceptors (Lipinski definition) is 5. The molecule has 1 saturated heterocycles. The van der Waals surface area contributed by atoms with Crippen LogP contribution in [0.1, 0.15) is 13.8 Å². The fraction of sp³-hybridized carbons (Fsp3) is 0.500. The van der Waals surface area contributed by atoms with Gasteiger partial charge < -0.3 is 4.74 Å². The van der Waals surface area contributed by atoms with Crippen molar-refractivity contribution < 1.29 is 9.53 Å². The number of anilines is 1. The van der Waals surface area contributed by atoms with Gasteiger partial charge in [-0.1, -0.05) is 13.8 Å². The lowest BCUT2D eigenvalue weighted by Crippen LogP contribution is -2.25. The minimum atomic E-state index is -0.456. The van der Waals surface area contributed by atoms with E-state index in [-0.39, 0.29) is 11.2 Å². The van der Waals surface area contributed by atoms with E-state index < -0.39 is 6.09 Å². The van der Waals surface area contributed by atoms with Crippen LogP contribution in [0.5, 0.6) is 0 Å². The van der Waals surface area contributed by atoms with Gasteiger partial charge in [0.1, 0.15) is 12.9 Å². The second-order valence-electron chi connectivity index (χ2n) is 2.32. The average molecular weight is 231 g/mol. The minimum absolute atomic E-state index is 0.0599. The van der Waals surface area contributed by atoms with Crippen molar-refractivity contribution in [3.63, 3.8) is 0 Å². The van der Waals surface area contributed by atoms with Crippen LogP contribution in [-0.4, -0.2) is 34.2 Å². The van der Waals surface area contributed by atoms with Crippen molar-refractivity contribution in [1.29, 1.82) is 0 Å². The van der Waals surface area contributed by atoms with Crippen molar-refractivity contribution in [2.45, 2.75) is 13.8 Å². The number of nitrogens with zero attached hydrogens (tertiary/aromatic N) is 4. The third-order valence-electron chi connectivity index (χ3n) is 1.53. The van der Waals surface area contributed by atoms with Crippen molar-refractivity contribution in [3.8, 4) is 0 Å². The first-order chi connectivity index (χ1) is 7.27. The second-order valence-corrected chi connectivity index (χ2v) is 2.66. The summed E-state index contributed by atoms with van der Waals surface area (Å²) < 4.78 is 4.70. The molecule has 1 aliphatic rings. The number of carbonyl (C=O) groups is 1. The number of cyclic esters (lactones) is 1. The van der Waals surface area contributed by atoms with Crippen LogP contribution in [0.15, 0.2) is 6.33 Å². The molecule has 0 bridgehead atoms. The summed E-state index contributed by atoms with van der Waals surface area (Å²) in [7, 11) is 0. The molecule has 0 radical (unpaired) electrons. The summed E-state index contributed by atoms with van der Waals surface area (Å²) in [4.78, 5) is 23.5. The van der Waals surface area contributed by atoms with Crippen LogP contribution in [0, 0.1) is 0 Å². The van der Waals surface area contributed by atoms with E-state index in [1.165, 1.54) is 11.2 Å². The number of rotatable bonds is 1. The van der Waals surface area contributed by atoms with Crippen LogP contribution in [-0.2, 0) is 4.74 Å². The molecule has 1 amide bonds. The molecule has 1 aromatic heterocycles. The monoisotopic (exact) mass is 230 g/mol. The van der Waals surface area contributed by atoms with E-state index in [1.54, 1.807) is 0 Å². The van der Waals surface area contributed by atoms with Crippen LogP contribution < -0.4 is 4.90 Å². The molecular formula is C8H11ClN4O2. The number of ether oxygens (including phenoxy) is 1. The maximum Gasteiger partial charge on any atom is 0.416 e. The van der Waals surface area contributed by atoms with Gasteiger partial charge in [-0.25, -0.2) is 19.7 Å². The highest BCUT2D eigenvalue weighted by atomic mass is 35.5. The molecule has 1 aromatic rings. The van der Waals surface area contributed by atoms with Crippen molar-refractivity contribution in [2.24, 2.45) is 0 Å². The van der Waals surface area contributed by atoms with Gasteiger partial charge in [0.25, 0.3) is 0 Å². The molecule has 0 atom stereocenters. The van der Waals surface area contributed by atoms with Gasteiger partial charge in [-0.2, -0.15) is 4.98 Å². The van der Waals surface area contributed by atoms with Gasteiger partial charge in [0.2, 0.25) is 11.2 Å². The van der Waals surface area contributed by atoms with Gasteiger partial charge in [-0.3, -0.25) is 0 Å². The lowest BCUT2D eigenvalue weighted by Gasteiger charge is -2.08. The summed E-state index contributed by atoms with van der Waals surface area (Å²) in [5.74, 6) is 0.225. The van der Waals surface area contributed by atoms with E-state index in [2.05, 4.69) is 15.0 Å². The first kappa shape index (κ1) is 11.6. The largest absolute Gasteiger partial charge is 0.447 e. The van der Waals surface area contributed by atoms with Gasteiger partial charge in [-0.15, -0.1) is 0 Å². The van der Waals surface area contributed by atoms with Gasteiger partial charge in [0.05, 0.1) is 6.54 Å². The van der Waals surface area contributed by atoms with E-state index in [0.717, 1.165) is 0 Å². The smallest absolute Gasteiger partial charge is 0.416 e. The molecule has 0 saturated carbocycles. The Hall–Kier alpha value is -1.43. The Labute approximate surface area is 92.3 Å². The zero-order valence-corrected chi connectivity index (χ0v) is 9.23. The van der Waals surface area contributed by atoms with Gasteiger partial charge in [0.15, 0.2) is 0 Å². The third-order valence-corrected chi connectivity index (χ3v) is 1.71. The normalized spacial score (nSPS) is 14.3. The highest BCUT2D eigenvalue weighted by Crippen LogP contribution is 2.13. The molecule has 0 unspecified atom stereocenters. The number of aromatic nitrogens is 3. The molecule has 7 heteroatoms. The molecule has 0 aromatic carbocycles. The Bertz CT molecular complexity index is 347. The number of halogens is 1. The maximum atomic E-state index is 11.0. The molecule has 0 N–H and O–H groups in total. The number of amides is 1. The molecule has 2 heterocycles. The van der Waals surface area contributed by atoms with Gasteiger partial charge in [-0.05, 0) is 11.6 Å². The first-order valence-corrected chi connectivity index (χ1v) is 4.94. The summed E-state index contributed by atoms with van der Waals surface area (Å²) >= 11 is 5.53. The summed E-state index contributed by atoms with van der Waals surface area (Å²) in [6.07, 6.45) is 0.790. The Morgan fingerprint density at radius 1 is 1.47 bits per heavy atom. The molecule has 1 fully saturated rings. The topological polar surface area (TPSA) is 68.2 Å². The molecule has 82 valence electrons. The quantitative estimate of drug-likeness (QED) is 0.732. The van der Waals surface area contributed by atoms with Gasteiger partial charge >= 0.3 is 6.09 Å². The Morgan fingerprint density at radius 3 is 2.73 bits per heavy atom. The van der Waals surface area contributed by atoms with Crippen LogP contribution in [0.3, 0.4) is 0 Å². The summed E-state index contributed by atoms with van der Waals surface area (Å²) in [5.41, 5.74) is 0. The second kappa shape index (κ2) is 5.45. The molecule has 0 aliphatic carbocycles. The summed E-state index contributed by atoms with van der Waals surface area (Å²) in [6, 6.07) is 0. The molecule has 2 rings (SSSR count).